The minimum absolute atomic E-state index is 0.315. The van der Waals surface area contributed by atoms with Crippen molar-refractivity contribution < 1.29 is 0 Å². The van der Waals surface area contributed by atoms with E-state index in [1.54, 1.807) is 0 Å². The first kappa shape index (κ1) is 15.0. The van der Waals surface area contributed by atoms with Crippen LogP contribution in [0.4, 0.5) is 0 Å². The first-order valence-corrected chi connectivity index (χ1v) is 8.38. The summed E-state index contributed by atoms with van der Waals surface area (Å²) in [6.07, 6.45) is 6.77. The third kappa shape index (κ3) is 3.14. The third-order valence-electron chi connectivity index (χ3n) is 5.43. The van der Waals surface area contributed by atoms with E-state index in [0.717, 1.165) is 25.6 Å². The summed E-state index contributed by atoms with van der Waals surface area (Å²) in [6, 6.07) is 2.89. The molecule has 116 valence electrons. The Kier molecular flexibility index (Phi) is 4.06. The molecule has 21 heavy (non-hydrogen) atoms. The summed E-state index contributed by atoms with van der Waals surface area (Å²) >= 11 is 0. The number of rotatable bonds is 4. The van der Waals surface area contributed by atoms with Gasteiger partial charge in [0, 0.05) is 43.6 Å². The van der Waals surface area contributed by atoms with E-state index in [1.807, 2.05) is 12.4 Å². The summed E-state index contributed by atoms with van der Waals surface area (Å²) < 4.78 is 0. The Hall–Kier alpha value is -0.930. The molecule has 3 rings (SSSR count). The van der Waals surface area contributed by atoms with E-state index >= 15 is 0 Å². The fourth-order valence-corrected chi connectivity index (χ4v) is 3.68. The van der Waals surface area contributed by atoms with Gasteiger partial charge in [0.1, 0.15) is 0 Å². The zero-order valence-electron chi connectivity index (χ0n) is 13.9. The van der Waals surface area contributed by atoms with Crippen molar-refractivity contribution in [2.75, 3.05) is 13.1 Å². The number of pyridine rings is 1. The van der Waals surface area contributed by atoms with Crippen molar-refractivity contribution in [2.24, 2.45) is 11.8 Å². The van der Waals surface area contributed by atoms with E-state index < -0.39 is 0 Å². The number of aromatic nitrogens is 1. The molecule has 3 nitrogen and oxygen atoms in total. The van der Waals surface area contributed by atoms with Crippen molar-refractivity contribution in [2.45, 2.75) is 58.7 Å². The molecule has 3 heteroatoms. The first-order valence-electron chi connectivity index (χ1n) is 8.38. The molecule has 1 aromatic rings. The van der Waals surface area contributed by atoms with Crippen LogP contribution in [0.3, 0.4) is 0 Å². The van der Waals surface area contributed by atoms with Crippen LogP contribution >= 0.6 is 0 Å². The van der Waals surface area contributed by atoms with E-state index in [4.69, 9.17) is 0 Å². The molecule has 1 aliphatic heterocycles. The largest absolute Gasteiger partial charge is 0.311 e. The van der Waals surface area contributed by atoms with Gasteiger partial charge in [-0.1, -0.05) is 19.9 Å². The topological polar surface area (TPSA) is 28.2 Å². The number of aryl methyl sites for hydroxylation is 1. The van der Waals surface area contributed by atoms with Gasteiger partial charge in [0.05, 0.1) is 0 Å². The Morgan fingerprint density at radius 1 is 1.38 bits per heavy atom. The quantitative estimate of drug-likeness (QED) is 0.923. The number of nitrogens with one attached hydrogen (secondary N) is 1. The van der Waals surface area contributed by atoms with Gasteiger partial charge in [0.25, 0.3) is 0 Å². The molecule has 2 aliphatic rings. The van der Waals surface area contributed by atoms with Crippen molar-refractivity contribution in [3.63, 3.8) is 0 Å². The molecule has 1 aliphatic carbocycles. The standard InChI is InChI=1S/C18H29N3/c1-13(2)17-11-21(10-15-7-14(3)8-19-9-15)18(4,12-20-17)16-5-6-16/h7-9,13,16-17,20H,5-6,10-12H2,1-4H3. The zero-order chi connectivity index (χ0) is 15.0. The van der Waals surface area contributed by atoms with Crippen molar-refractivity contribution in [1.82, 2.24) is 15.2 Å². The van der Waals surface area contributed by atoms with Crippen molar-refractivity contribution in [1.29, 1.82) is 0 Å². The molecular weight excluding hydrogens is 258 g/mol. The van der Waals surface area contributed by atoms with Crippen LogP contribution in [-0.4, -0.2) is 34.6 Å². The minimum atomic E-state index is 0.315. The molecule has 2 unspecified atom stereocenters. The lowest BCUT2D eigenvalue weighted by Gasteiger charge is -2.49. The average Bonchev–Trinajstić information content (AvgIpc) is 3.26. The lowest BCUT2D eigenvalue weighted by atomic mass is 9.87. The van der Waals surface area contributed by atoms with Crippen LogP contribution in [0.25, 0.3) is 0 Å². The maximum Gasteiger partial charge on any atom is 0.0338 e. The SMILES string of the molecule is Cc1cncc(CN2CC(C(C)C)NCC2(C)C2CC2)c1. The average molecular weight is 287 g/mol. The lowest BCUT2D eigenvalue weighted by Crippen LogP contribution is -2.65. The molecule has 1 N–H and O–H groups in total. The lowest BCUT2D eigenvalue weighted by molar-refractivity contribution is 0.0186. The normalized spacial score (nSPS) is 30.8. The van der Waals surface area contributed by atoms with Crippen molar-refractivity contribution >= 4 is 0 Å². The smallest absolute Gasteiger partial charge is 0.0338 e. The van der Waals surface area contributed by atoms with Gasteiger partial charge in [-0.3, -0.25) is 9.88 Å². The molecule has 2 atom stereocenters. The van der Waals surface area contributed by atoms with Gasteiger partial charge in [-0.2, -0.15) is 0 Å². The van der Waals surface area contributed by atoms with E-state index in [1.165, 1.54) is 24.0 Å². The highest BCUT2D eigenvalue weighted by Crippen LogP contribution is 2.44. The summed E-state index contributed by atoms with van der Waals surface area (Å²) in [6.45, 7) is 12.5. The van der Waals surface area contributed by atoms with E-state index in [-0.39, 0.29) is 0 Å². The van der Waals surface area contributed by atoms with Gasteiger partial charge in [-0.05, 0) is 49.7 Å². The monoisotopic (exact) mass is 287 g/mol. The highest BCUT2D eigenvalue weighted by molar-refractivity contribution is 5.18. The second kappa shape index (κ2) is 5.69. The summed E-state index contributed by atoms with van der Waals surface area (Å²) in [5, 5.41) is 3.80. The van der Waals surface area contributed by atoms with Crippen LogP contribution in [0.5, 0.6) is 0 Å². The fourth-order valence-electron chi connectivity index (χ4n) is 3.68. The molecule has 0 radical (unpaired) electrons. The molecule has 0 bridgehead atoms. The highest BCUT2D eigenvalue weighted by atomic mass is 15.3. The van der Waals surface area contributed by atoms with Crippen LogP contribution < -0.4 is 5.32 Å². The number of hydrogen-bond donors (Lipinski definition) is 1. The number of nitrogens with zero attached hydrogens (tertiary/aromatic N) is 2. The van der Waals surface area contributed by atoms with Crippen molar-refractivity contribution in [3.05, 3.63) is 29.6 Å². The Morgan fingerprint density at radius 3 is 2.76 bits per heavy atom. The van der Waals surface area contributed by atoms with Gasteiger partial charge in [-0.25, -0.2) is 0 Å². The first-order chi connectivity index (χ1) is 9.99. The highest BCUT2D eigenvalue weighted by Gasteiger charge is 2.48. The predicted octanol–water partition coefficient (Wildman–Crippen LogP) is 2.99. The maximum absolute atomic E-state index is 4.37. The van der Waals surface area contributed by atoms with E-state index in [9.17, 15) is 0 Å². The minimum Gasteiger partial charge on any atom is -0.311 e. The second-order valence-electron chi connectivity index (χ2n) is 7.61. The number of piperazine rings is 1. The van der Waals surface area contributed by atoms with Crippen LogP contribution in [0, 0.1) is 18.8 Å². The van der Waals surface area contributed by atoms with Crippen LogP contribution in [0.2, 0.25) is 0 Å². The van der Waals surface area contributed by atoms with Crippen LogP contribution in [0.1, 0.15) is 44.7 Å². The molecule has 1 saturated heterocycles. The van der Waals surface area contributed by atoms with Gasteiger partial charge in [-0.15, -0.1) is 0 Å². The Morgan fingerprint density at radius 2 is 2.14 bits per heavy atom. The fraction of sp³-hybridized carbons (Fsp3) is 0.722. The van der Waals surface area contributed by atoms with Gasteiger partial charge in [0.15, 0.2) is 0 Å². The summed E-state index contributed by atoms with van der Waals surface area (Å²) in [4.78, 5) is 7.09. The van der Waals surface area contributed by atoms with Crippen LogP contribution in [0.15, 0.2) is 18.5 Å². The molecule has 1 saturated carbocycles. The summed E-state index contributed by atoms with van der Waals surface area (Å²) in [5.41, 5.74) is 2.93. The Labute approximate surface area is 129 Å². The molecule has 0 aromatic carbocycles. The molecule has 2 fully saturated rings. The Balaban J connectivity index is 1.79. The molecule has 2 heterocycles. The van der Waals surface area contributed by atoms with E-state index in [2.05, 4.69) is 49.0 Å². The Bertz CT molecular complexity index is 495. The molecule has 1 aromatic heterocycles. The maximum atomic E-state index is 4.37. The van der Waals surface area contributed by atoms with Crippen LogP contribution in [-0.2, 0) is 6.54 Å². The second-order valence-corrected chi connectivity index (χ2v) is 7.61. The zero-order valence-corrected chi connectivity index (χ0v) is 13.9. The van der Waals surface area contributed by atoms with E-state index in [0.29, 0.717) is 17.5 Å². The summed E-state index contributed by atoms with van der Waals surface area (Å²) in [7, 11) is 0. The molecule has 0 amide bonds. The van der Waals surface area contributed by atoms with Gasteiger partial charge < -0.3 is 5.32 Å². The molecular formula is C18H29N3. The van der Waals surface area contributed by atoms with Gasteiger partial charge in [0.2, 0.25) is 0 Å². The van der Waals surface area contributed by atoms with Crippen molar-refractivity contribution in [3.8, 4) is 0 Å². The number of hydrogen-bond acceptors (Lipinski definition) is 3. The predicted molar refractivity (Wildman–Crippen MR) is 87.1 cm³/mol. The van der Waals surface area contributed by atoms with Gasteiger partial charge >= 0.3 is 0 Å². The third-order valence-corrected chi connectivity index (χ3v) is 5.43. The molecule has 0 spiro atoms. The summed E-state index contributed by atoms with van der Waals surface area (Å²) in [5.74, 6) is 1.56.